The maximum Gasteiger partial charge on any atom is 0.321 e. The molecule has 0 rings (SSSR count). The summed E-state index contributed by atoms with van der Waals surface area (Å²) in [5.74, 6) is -1.14. The lowest BCUT2D eigenvalue weighted by Crippen LogP contribution is -2.46. The fourth-order valence-electron chi connectivity index (χ4n) is 1.11. The van der Waals surface area contributed by atoms with E-state index in [4.69, 9.17) is 5.11 Å². The molecule has 1 unspecified atom stereocenters. The highest BCUT2D eigenvalue weighted by molar-refractivity contribution is 7.87. The van der Waals surface area contributed by atoms with Gasteiger partial charge in [-0.3, -0.25) is 4.79 Å². The van der Waals surface area contributed by atoms with E-state index < -0.39 is 22.2 Å². The molecule has 0 aliphatic carbocycles. The van der Waals surface area contributed by atoms with E-state index in [1.807, 2.05) is 13.8 Å². The molecule has 0 aliphatic heterocycles. The van der Waals surface area contributed by atoms with E-state index in [0.29, 0.717) is 25.8 Å². The van der Waals surface area contributed by atoms with Gasteiger partial charge in [-0.25, -0.2) is 4.72 Å². The molecule has 16 heavy (non-hydrogen) atoms. The molecular weight excluding hydrogens is 232 g/mol. The molecule has 1 atom stereocenters. The Morgan fingerprint density at radius 3 is 2.38 bits per heavy atom. The van der Waals surface area contributed by atoms with E-state index in [-0.39, 0.29) is 0 Å². The SMILES string of the molecule is CCCCC(NS(=O)(=O)NCCC)C(=O)O. The summed E-state index contributed by atoms with van der Waals surface area (Å²) in [4.78, 5) is 10.8. The molecule has 96 valence electrons. The highest BCUT2D eigenvalue weighted by atomic mass is 32.2. The molecule has 3 N–H and O–H groups in total. The molecule has 7 heteroatoms. The van der Waals surface area contributed by atoms with Gasteiger partial charge in [0.15, 0.2) is 0 Å². The summed E-state index contributed by atoms with van der Waals surface area (Å²) in [6.45, 7) is 4.05. The minimum atomic E-state index is -3.70. The number of aliphatic carboxylic acids is 1. The number of hydrogen-bond acceptors (Lipinski definition) is 3. The van der Waals surface area contributed by atoms with E-state index in [1.165, 1.54) is 0 Å². The van der Waals surface area contributed by atoms with Crippen molar-refractivity contribution >= 4 is 16.2 Å². The first-order chi connectivity index (χ1) is 7.43. The molecular formula is C9H20N2O4S. The molecule has 0 saturated heterocycles. The standard InChI is InChI=1S/C9H20N2O4S/c1-3-5-6-8(9(12)13)11-16(14,15)10-7-4-2/h8,10-11H,3-7H2,1-2H3,(H,12,13). The third-order valence-electron chi connectivity index (χ3n) is 1.98. The highest BCUT2D eigenvalue weighted by Crippen LogP contribution is 2.02. The van der Waals surface area contributed by atoms with Gasteiger partial charge in [0.05, 0.1) is 0 Å². The number of carboxylic acids is 1. The van der Waals surface area contributed by atoms with Gasteiger partial charge in [0.1, 0.15) is 6.04 Å². The zero-order valence-electron chi connectivity index (χ0n) is 9.69. The molecule has 0 aromatic rings. The van der Waals surface area contributed by atoms with Gasteiger partial charge in [-0.2, -0.15) is 13.1 Å². The molecule has 0 aromatic carbocycles. The Bertz CT molecular complexity index is 303. The average Bonchev–Trinajstić information content (AvgIpc) is 2.21. The maximum absolute atomic E-state index is 11.4. The second kappa shape index (κ2) is 7.59. The van der Waals surface area contributed by atoms with E-state index >= 15 is 0 Å². The lowest BCUT2D eigenvalue weighted by Gasteiger charge is -2.14. The van der Waals surface area contributed by atoms with Crippen LogP contribution in [-0.4, -0.2) is 32.1 Å². The summed E-state index contributed by atoms with van der Waals surface area (Å²) in [6, 6.07) is -1.05. The largest absolute Gasteiger partial charge is 0.480 e. The molecule has 0 bridgehead atoms. The number of carbonyl (C=O) groups is 1. The van der Waals surface area contributed by atoms with Gasteiger partial charge in [-0.1, -0.05) is 26.7 Å². The van der Waals surface area contributed by atoms with Crippen LogP contribution in [0.15, 0.2) is 0 Å². The van der Waals surface area contributed by atoms with E-state index in [1.54, 1.807) is 0 Å². The first-order valence-corrected chi connectivity index (χ1v) is 6.91. The Kier molecular flexibility index (Phi) is 7.27. The number of hydrogen-bond donors (Lipinski definition) is 3. The number of carboxylic acid groups (broad SMARTS) is 1. The Balaban J connectivity index is 4.32. The van der Waals surface area contributed by atoms with Crippen molar-refractivity contribution in [2.24, 2.45) is 0 Å². The number of rotatable bonds is 9. The molecule has 0 aliphatic rings. The van der Waals surface area contributed by atoms with Crippen LogP contribution >= 0.6 is 0 Å². The van der Waals surface area contributed by atoms with Crippen LogP contribution < -0.4 is 9.44 Å². The van der Waals surface area contributed by atoms with Gasteiger partial charge in [0.25, 0.3) is 10.2 Å². The summed E-state index contributed by atoms with van der Waals surface area (Å²) in [5, 5.41) is 8.83. The highest BCUT2D eigenvalue weighted by Gasteiger charge is 2.22. The Hall–Kier alpha value is -0.660. The summed E-state index contributed by atoms with van der Waals surface area (Å²) >= 11 is 0. The Morgan fingerprint density at radius 1 is 1.31 bits per heavy atom. The van der Waals surface area contributed by atoms with E-state index in [2.05, 4.69) is 9.44 Å². The molecule has 0 spiro atoms. The van der Waals surface area contributed by atoms with Crippen LogP contribution in [-0.2, 0) is 15.0 Å². The van der Waals surface area contributed by atoms with Crippen LogP contribution in [0.25, 0.3) is 0 Å². The van der Waals surface area contributed by atoms with Crippen molar-refractivity contribution in [2.45, 2.75) is 45.6 Å². The lowest BCUT2D eigenvalue weighted by molar-refractivity contribution is -0.139. The topological polar surface area (TPSA) is 95.5 Å². The van der Waals surface area contributed by atoms with Gasteiger partial charge in [0, 0.05) is 6.54 Å². The summed E-state index contributed by atoms with van der Waals surface area (Å²) in [6.07, 6.45) is 2.47. The molecule has 6 nitrogen and oxygen atoms in total. The van der Waals surface area contributed by atoms with Crippen molar-refractivity contribution in [2.75, 3.05) is 6.54 Å². The summed E-state index contributed by atoms with van der Waals surface area (Å²) in [5.41, 5.74) is 0. The fraction of sp³-hybridized carbons (Fsp3) is 0.889. The average molecular weight is 252 g/mol. The van der Waals surface area contributed by atoms with Gasteiger partial charge >= 0.3 is 5.97 Å². The van der Waals surface area contributed by atoms with Crippen LogP contribution in [0, 0.1) is 0 Å². The predicted molar refractivity (Wildman–Crippen MR) is 61.3 cm³/mol. The molecule has 0 fully saturated rings. The van der Waals surface area contributed by atoms with Crippen molar-refractivity contribution in [3.05, 3.63) is 0 Å². The smallest absolute Gasteiger partial charge is 0.321 e. The first-order valence-electron chi connectivity index (χ1n) is 5.42. The molecule has 0 radical (unpaired) electrons. The third-order valence-corrected chi connectivity index (χ3v) is 3.16. The van der Waals surface area contributed by atoms with Crippen LogP contribution in [0.4, 0.5) is 0 Å². The van der Waals surface area contributed by atoms with Crippen molar-refractivity contribution in [3.8, 4) is 0 Å². The fourth-order valence-corrected chi connectivity index (χ4v) is 2.26. The maximum atomic E-state index is 11.4. The normalized spacial score (nSPS) is 13.6. The monoisotopic (exact) mass is 252 g/mol. The molecule has 0 amide bonds. The van der Waals surface area contributed by atoms with Crippen LogP contribution in [0.5, 0.6) is 0 Å². The van der Waals surface area contributed by atoms with Gasteiger partial charge < -0.3 is 5.11 Å². The number of unbranched alkanes of at least 4 members (excludes halogenated alkanes) is 1. The van der Waals surface area contributed by atoms with Crippen LogP contribution in [0.1, 0.15) is 39.5 Å². The molecule has 0 saturated carbocycles. The Labute approximate surface area is 96.6 Å². The second-order valence-electron chi connectivity index (χ2n) is 3.55. The quantitative estimate of drug-likeness (QED) is 0.555. The van der Waals surface area contributed by atoms with Gasteiger partial charge in [0.2, 0.25) is 0 Å². The minimum absolute atomic E-state index is 0.301. The van der Waals surface area contributed by atoms with Crippen LogP contribution in [0.3, 0.4) is 0 Å². The van der Waals surface area contributed by atoms with Crippen molar-refractivity contribution in [1.29, 1.82) is 0 Å². The van der Waals surface area contributed by atoms with Gasteiger partial charge in [-0.15, -0.1) is 0 Å². The van der Waals surface area contributed by atoms with Crippen molar-refractivity contribution < 1.29 is 18.3 Å². The lowest BCUT2D eigenvalue weighted by atomic mass is 10.1. The Morgan fingerprint density at radius 2 is 1.94 bits per heavy atom. The summed E-state index contributed by atoms with van der Waals surface area (Å²) < 4.78 is 27.2. The second-order valence-corrected chi connectivity index (χ2v) is 5.08. The molecule has 0 aromatic heterocycles. The van der Waals surface area contributed by atoms with Crippen molar-refractivity contribution in [3.63, 3.8) is 0 Å². The first kappa shape index (κ1) is 15.3. The zero-order valence-corrected chi connectivity index (χ0v) is 10.5. The summed E-state index contributed by atoms with van der Waals surface area (Å²) in [7, 11) is -3.70. The van der Waals surface area contributed by atoms with E-state index in [0.717, 1.165) is 6.42 Å². The minimum Gasteiger partial charge on any atom is -0.480 e. The third kappa shape index (κ3) is 6.76. The van der Waals surface area contributed by atoms with E-state index in [9.17, 15) is 13.2 Å². The molecule has 0 heterocycles. The van der Waals surface area contributed by atoms with Crippen LogP contribution in [0.2, 0.25) is 0 Å². The zero-order chi connectivity index (χ0) is 12.6. The van der Waals surface area contributed by atoms with Crippen molar-refractivity contribution in [1.82, 2.24) is 9.44 Å². The predicted octanol–water partition coefficient (Wildman–Crippen LogP) is 0.464. The number of nitrogens with one attached hydrogen (secondary N) is 2. The van der Waals surface area contributed by atoms with Gasteiger partial charge in [-0.05, 0) is 12.8 Å².